The van der Waals surface area contributed by atoms with Crippen LogP contribution in [0, 0.1) is 5.92 Å². The second-order valence-corrected chi connectivity index (χ2v) is 8.43. The maximum Gasteiger partial charge on any atom is 0.417 e. The summed E-state index contributed by atoms with van der Waals surface area (Å²) in [6.45, 7) is 10.3. The van der Waals surface area contributed by atoms with Gasteiger partial charge in [-0.3, -0.25) is 4.79 Å². The van der Waals surface area contributed by atoms with Crippen molar-refractivity contribution in [3.8, 4) is 0 Å². The highest BCUT2D eigenvalue weighted by Crippen LogP contribution is 2.24. The molecule has 1 heterocycles. The summed E-state index contributed by atoms with van der Waals surface area (Å²) in [5.41, 5.74) is -1.46. The van der Waals surface area contributed by atoms with E-state index < -0.39 is 47.2 Å². The van der Waals surface area contributed by atoms with E-state index in [1.165, 1.54) is 7.11 Å². The smallest absolute Gasteiger partial charge is 0.417 e. The number of methoxy groups -OCH3 is 1. The van der Waals surface area contributed by atoms with Gasteiger partial charge in [0.1, 0.15) is 17.2 Å². The summed E-state index contributed by atoms with van der Waals surface area (Å²) in [6.07, 6.45) is -1.28. The number of amides is 3. The van der Waals surface area contributed by atoms with Crippen LogP contribution in [0.1, 0.15) is 54.4 Å². The Morgan fingerprint density at radius 3 is 2.07 bits per heavy atom. The molecule has 154 valence electrons. The van der Waals surface area contributed by atoms with Gasteiger partial charge in [-0.25, -0.2) is 19.3 Å². The molecule has 0 aromatic heterocycles. The predicted octanol–water partition coefficient (Wildman–Crippen LogP) is 2.23. The number of nitrogens with zero attached hydrogens (tertiary/aromatic N) is 1. The lowest BCUT2D eigenvalue weighted by Gasteiger charge is -2.34. The number of hydrogen-bond acceptors (Lipinski definition) is 7. The number of likely N-dealkylation sites (tertiary alicyclic amines) is 1. The molecular weight excluding hydrogens is 356 g/mol. The molecule has 0 aromatic rings. The SMILES string of the molecule is COC(=O)C(NC(=O)OC(C)(C)C)C1CCN(C(=O)OC(C)(C)C)C(=O)C1. The molecule has 0 bridgehead atoms. The number of alkyl carbamates (subject to hydrolysis) is 1. The van der Waals surface area contributed by atoms with Crippen LogP contribution in [0.15, 0.2) is 0 Å². The van der Waals surface area contributed by atoms with Crippen molar-refractivity contribution in [2.24, 2.45) is 5.92 Å². The van der Waals surface area contributed by atoms with Crippen LogP contribution < -0.4 is 5.32 Å². The molecule has 3 amide bonds. The molecule has 0 saturated carbocycles. The first-order chi connectivity index (χ1) is 12.2. The fraction of sp³-hybridized carbons (Fsp3) is 0.778. The highest BCUT2D eigenvalue weighted by molar-refractivity contribution is 5.93. The average Bonchev–Trinajstić information content (AvgIpc) is 2.48. The zero-order chi connectivity index (χ0) is 21.0. The number of nitrogens with one attached hydrogen (secondary N) is 1. The van der Waals surface area contributed by atoms with Crippen LogP contribution in [0.2, 0.25) is 0 Å². The van der Waals surface area contributed by atoms with Gasteiger partial charge in [0.25, 0.3) is 0 Å². The third-order valence-corrected chi connectivity index (χ3v) is 3.67. The van der Waals surface area contributed by atoms with Crippen LogP contribution >= 0.6 is 0 Å². The normalized spacial score (nSPS) is 19.1. The lowest BCUT2D eigenvalue weighted by atomic mass is 9.89. The molecule has 27 heavy (non-hydrogen) atoms. The minimum atomic E-state index is -1.05. The average molecular weight is 386 g/mol. The Morgan fingerprint density at radius 2 is 1.63 bits per heavy atom. The molecule has 1 N–H and O–H groups in total. The van der Waals surface area contributed by atoms with Gasteiger partial charge in [-0.1, -0.05) is 0 Å². The number of carbonyl (C=O) groups excluding carboxylic acids is 4. The van der Waals surface area contributed by atoms with Gasteiger partial charge < -0.3 is 19.5 Å². The minimum Gasteiger partial charge on any atom is -0.467 e. The van der Waals surface area contributed by atoms with Gasteiger partial charge in [0, 0.05) is 18.9 Å². The number of ether oxygens (including phenoxy) is 3. The summed E-state index contributed by atoms with van der Waals surface area (Å²) in [5, 5.41) is 2.47. The summed E-state index contributed by atoms with van der Waals surface area (Å²) in [7, 11) is 1.20. The summed E-state index contributed by atoms with van der Waals surface area (Å²) in [6, 6.07) is -1.05. The van der Waals surface area contributed by atoms with E-state index >= 15 is 0 Å². The Bertz CT molecular complexity index is 589. The Kier molecular flexibility index (Phi) is 7.22. The Morgan fingerprint density at radius 1 is 1.07 bits per heavy atom. The first-order valence-corrected chi connectivity index (χ1v) is 8.84. The van der Waals surface area contributed by atoms with E-state index in [1.54, 1.807) is 41.5 Å². The van der Waals surface area contributed by atoms with Crippen molar-refractivity contribution in [1.29, 1.82) is 0 Å². The fourth-order valence-corrected chi connectivity index (χ4v) is 2.58. The first kappa shape index (κ1) is 22.7. The third kappa shape index (κ3) is 7.44. The first-order valence-electron chi connectivity index (χ1n) is 8.84. The van der Waals surface area contributed by atoms with Gasteiger partial charge in [-0.2, -0.15) is 0 Å². The van der Waals surface area contributed by atoms with Gasteiger partial charge >= 0.3 is 18.2 Å². The van der Waals surface area contributed by atoms with Gasteiger partial charge in [0.15, 0.2) is 0 Å². The maximum atomic E-state index is 12.4. The van der Waals surface area contributed by atoms with Crippen molar-refractivity contribution in [3.63, 3.8) is 0 Å². The van der Waals surface area contributed by atoms with Crippen molar-refractivity contribution in [1.82, 2.24) is 10.2 Å². The van der Waals surface area contributed by atoms with Gasteiger partial charge in [-0.05, 0) is 48.0 Å². The van der Waals surface area contributed by atoms with Gasteiger partial charge in [-0.15, -0.1) is 0 Å². The zero-order valence-corrected chi connectivity index (χ0v) is 17.1. The molecule has 2 unspecified atom stereocenters. The second kappa shape index (κ2) is 8.58. The van der Waals surface area contributed by atoms with Crippen LogP contribution in [0.3, 0.4) is 0 Å². The highest BCUT2D eigenvalue weighted by atomic mass is 16.6. The summed E-state index contributed by atoms with van der Waals surface area (Å²) in [5.74, 6) is -1.67. The molecule has 0 radical (unpaired) electrons. The largest absolute Gasteiger partial charge is 0.467 e. The third-order valence-electron chi connectivity index (χ3n) is 3.67. The van der Waals surface area contributed by atoms with Crippen molar-refractivity contribution in [2.45, 2.75) is 71.6 Å². The molecule has 2 atom stereocenters. The lowest BCUT2D eigenvalue weighted by molar-refractivity contribution is -0.146. The quantitative estimate of drug-likeness (QED) is 0.585. The molecule has 0 aromatic carbocycles. The Hall–Kier alpha value is -2.32. The molecule has 1 saturated heterocycles. The van der Waals surface area contributed by atoms with E-state index in [1.807, 2.05) is 0 Å². The zero-order valence-electron chi connectivity index (χ0n) is 17.1. The van der Waals surface area contributed by atoms with E-state index in [9.17, 15) is 19.2 Å². The van der Waals surface area contributed by atoms with Crippen molar-refractivity contribution < 1.29 is 33.4 Å². The van der Waals surface area contributed by atoms with Crippen LogP contribution in [0.4, 0.5) is 9.59 Å². The molecule has 9 nitrogen and oxygen atoms in total. The predicted molar refractivity (Wildman–Crippen MR) is 95.8 cm³/mol. The minimum absolute atomic E-state index is 0.0852. The highest BCUT2D eigenvalue weighted by Gasteiger charge is 2.40. The lowest BCUT2D eigenvalue weighted by Crippen LogP contribution is -2.53. The number of imide groups is 1. The monoisotopic (exact) mass is 386 g/mol. The van der Waals surface area contributed by atoms with E-state index in [-0.39, 0.29) is 13.0 Å². The summed E-state index contributed by atoms with van der Waals surface area (Å²) in [4.78, 5) is 49.7. The van der Waals surface area contributed by atoms with Crippen molar-refractivity contribution in [2.75, 3.05) is 13.7 Å². The second-order valence-electron chi connectivity index (χ2n) is 8.43. The number of piperidine rings is 1. The van der Waals surface area contributed by atoms with Crippen molar-refractivity contribution >= 4 is 24.1 Å². The molecule has 1 aliphatic rings. The molecule has 1 fully saturated rings. The molecule has 9 heteroatoms. The maximum absolute atomic E-state index is 12.4. The number of rotatable bonds is 3. The molecule has 1 aliphatic heterocycles. The van der Waals surface area contributed by atoms with Crippen LogP contribution in [-0.2, 0) is 23.8 Å². The number of esters is 1. The standard InChI is InChI=1S/C18H30N2O7/c1-17(2,3)26-15(23)19-13(14(22)25-7)11-8-9-20(12(21)10-11)16(24)27-18(4,5)6/h11,13H,8-10H2,1-7H3,(H,19,23). The Balaban J connectivity index is 2.81. The molecule has 0 aliphatic carbocycles. The van der Waals surface area contributed by atoms with Crippen LogP contribution in [0.25, 0.3) is 0 Å². The Labute approximate surface area is 159 Å². The molecule has 0 spiro atoms. The van der Waals surface area contributed by atoms with E-state index in [0.29, 0.717) is 6.42 Å². The van der Waals surface area contributed by atoms with Gasteiger partial charge in [0.2, 0.25) is 5.91 Å². The number of carbonyl (C=O) groups is 4. The van der Waals surface area contributed by atoms with E-state index in [4.69, 9.17) is 14.2 Å². The summed E-state index contributed by atoms with van der Waals surface area (Å²) >= 11 is 0. The van der Waals surface area contributed by atoms with Gasteiger partial charge in [0.05, 0.1) is 7.11 Å². The van der Waals surface area contributed by atoms with E-state index in [2.05, 4.69) is 5.32 Å². The number of hydrogen-bond donors (Lipinski definition) is 1. The van der Waals surface area contributed by atoms with Crippen LogP contribution in [-0.4, -0.2) is 59.9 Å². The topological polar surface area (TPSA) is 111 Å². The fourth-order valence-electron chi connectivity index (χ4n) is 2.58. The molecule has 1 rings (SSSR count). The summed E-state index contributed by atoms with van der Waals surface area (Å²) < 4.78 is 15.1. The van der Waals surface area contributed by atoms with Crippen LogP contribution in [0.5, 0.6) is 0 Å². The van der Waals surface area contributed by atoms with Crippen molar-refractivity contribution in [3.05, 3.63) is 0 Å². The molecular formula is C18H30N2O7. The van der Waals surface area contributed by atoms with E-state index in [0.717, 1.165) is 4.90 Å².